The van der Waals surface area contributed by atoms with Crippen LogP contribution in [0, 0.1) is 5.82 Å². The molecule has 94 valence electrons. The van der Waals surface area contributed by atoms with E-state index in [2.05, 4.69) is 4.98 Å². The monoisotopic (exact) mass is 265 g/mol. The fraction of sp³-hybridized carbons (Fsp3) is 0.214. The molecular weight excluding hydrogens is 253 g/mol. The van der Waals surface area contributed by atoms with Crippen LogP contribution in [0.15, 0.2) is 42.7 Å². The fourth-order valence-corrected chi connectivity index (χ4v) is 2.03. The Morgan fingerprint density at radius 1 is 1.28 bits per heavy atom. The molecular formula is C14H13ClFNO. The minimum Gasteiger partial charge on any atom is -0.385 e. The first-order chi connectivity index (χ1) is 8.49. The lowest BCUT2D eigenvalue weighted by Gasteiger charge is -2.24. The minimum atomic E-state index is -1.28. The summed E-state index contributed by atoms with van der Waals surface area (Å²) in [6, 6.07) is 8.61. The van der Waals surface area contributed by atoms with Gasteiger partial charge in [-0.3, -0.25) is 4.98 Å². The molecule has 0 aliphatic carbocycles. The molecule has 1 aromatic heterocycles. The Balaban J connectivity index is 2.27. The molecule has 4 heteroatoms. The van der Waals surface area contributed by atoms with E-state index in [-0.39, 0.29) is 5.56 Å². The van der Waals surface area contributed by atoms with Crippen LogP contribution in [-0.4, -0.2) is 10.1 Å². The Hall–Kier alpha value is -1.45. The number of nitrogens with zero attached hydrogens (tertiary/aromatic N) is 1. The summed E-state index contributed by atoms with van der Waals surface area (Å²) in [5, 5.41) is 11.0. The maximum Gasteiger partial charge on any atom is 0.147 e. The molecule has 0 aliphatic rings. The molecule has 18 heavy (non-hydrogen) atoms. The fourth-order valence-electron chi connectivity index (χ4n) is 1.91. The van der Waals surface area contributed by atoms with Gasteiger partial charge in [-0.05, 0) is 30.7 Å². The molecule has 2 nitrogen and oxygen atoms in total. The summed E-state index contributed by atoms with van der Waals surface area (Å²) in [5.74, 6) is -0.503. The summed E-state index contributed by atoms with van der Waals surface area (Å²) < 4.78 is 13.6. The Morgan fingerprint density at radius 3 is 2.56 bits per heavy atom. The number of benzene rings is 1. The van der Waals surface area contributed by atoms with Crippen molar-refractivity contribution in [2.75, 3.05) is 0 Å². The second-order valence-corrected chi connectivity index (χ2v) is 4.87. The van der Waals surface area contributed by atoms with E-state index < -0.39 is 11.4 Å². The predicted molar refractivity (Wildman–Crippen MR) is 68.9 cm³/mol. The van der Waals surface area contributed by atoms with Gasteiger partial charge in [0.1, 0.15) is 5.82 Å². The van der Waals surface area contributed by atoms with Crippen LogP contribution in [0.2, 0.25) is 5.02 Å². The Labute approximate surface area is 110 Å². The SMILES string of the molecule is CC(O)(Cc1ccc(Cl)cc1)c1ccncc1F. The molecule has 2 aromatic rings. The van der Waals surface area contributed by atoms with Gasteiger partial charge in [0.15, 0.2) is 0 Å². The number of aliphatic hydroxyl groups is 1. The van der Waals surface area contributed by atoms with Crippen LogP contribution in [0.5, 0.6) is 0 Å². The van der Waals surface area contributed by atoms with Crippen molar-refractivity contribution in [2.24, 2.45) is 0 Å². The Kier molecular flexibility index (Phi) is 3.64. The lowest BCUT2D eigenvalue weighted by atomic mass is 9.89. The predicted octanol–water partition coefficient (Wildman–Crippen LogP) is 3.32. The van der Waals surface area contributed by atoms with Crippen molar-refractivity contribution in [2.45, 2.75) is 18.9 Å². The topological polar surface area (TPSA) is 33.1 Å². The van der Waals surface area contributed by atoms with Crippen molar-refractivity contribution in [1.29, 1.82) is 0 Å². The maximum absolute atomic E-state index is 13.6. The minimum absolute atomic E-state index is 0.243. The van der Waals surface area contributed by atoms with Gasteiger partial charge in [-0.25, -0.2) is 4.39 Å². The van der Waals surface area contributed by atoms with E-state index in [9.17, 15) is 9.50 Å². The van der Waals surface area contributed by atoms with E-state index in [0.29, 0.717) is 11.4 Å². The van der Waals surface area contributed by atoms with Crippen molar-refractivity contribution in [3.63, 3.8) is 0 Å². The number of hydrogen-bond acceptors (Lipinski definition) is 2. The maximum atomic E-state index is 13.6. The quantitative estimate of drug-likeness (QED) is 0.923. The molecule has 0 bridgehead atoms. The standard InChI is InChI=1S/C14H13ClFNO/c1-14(18,12-6-7-17-9-13(12)16)8-10-2-4-11(15)5-3-10/h2-7,9,18H,8H2,1H3. The molecule has 0 spiro atoms. The van der Waals surface area contributed by atoms with Gasteiger partial charge in [0.2, 0.25) is 0 Å². The van der Waals surface area contributed by atoms with Gasteiger partial charge in [0.25, 0.3) is 0 Å². The Morgan fingerprint density at radius 2 is 1.94 bits per heavy atom. The number of pyridine rings is 1. The second-order valence-electron chi connectivity index (χ2n) is 4.43. The summed E-state index contributed by atoms with van der Waals surface area (Å²) in [6.45, 7) is 1.58. The average molecular weight is 266 g/mol. The largest absolute Gasteiger partial charge is 0.385 e. The zero-order valence-electron chi connectivity index (χ0n) is 9.90. The Bertz CT molecular complexity index is 540. The van der Waals surface area contributed by atoms with Crippen LogP contribution in [0.1, 0.15) is 18.1 Å². The zero-order chi connectivity index (χ0) is 13.2. The van der Waals surface area contributed by atoms with Gasteiger partial charge in [0, 0.05) is 23.2 Å². The van der Waals surface area contributed by atoms with Gasteiger partial charge in [-0.2, -0.15) is 0 Å². The number of aromatic nitrogens is 1. The third-order valence-electron chi connectivity index (χ3n) is 2.81. The van der Waals surface area contributed by atoms with E-state index in [1.165, 1.54) is 12.3 Å². The molecule has 1 heterocycles. The highest BCUT2D eigenvalue weighted by Crippen LogP contribution is 2.27. The summed E-state index contributed by atoms with van der Waals surface area (Å²) in [6.07, 6.45) is 2.88. The third kappa shape index (κ3) is 2.86. The normalized spacial score (nSPS) is 14.2. The molecule has 0 fully saturated rings. The lowest BCUT2D eigenvalue weighted by Crippen LogP contribution is -2.25. The van der Waals surface area contributed by atoms with Crippen LogP contribution < -0.4 is 0 Å². The molecule has 1 atom stereocenters. The lowest BCUT2D eigenvalue weighted by molar-refractivity contribution is 0.0536. The van der Waals surface area contributed by atoms with Crippen LogP contribution in [-0.2, 0) is 12.0 Å². The number of rotatable bonds is 3. The molecule has 0 amide bonds. The van der Waals surface area contributed by atoms with Crippen molar-refractivity contribution in [1.82, 2.24) is 4.98 Å². The van der Waals surface area contributed by atoms with Crippen molar-refractivity contribution in [3.05, 3.63) is 64.7 Å². The third-order valence-corrected chi connectivity index (χ3v) is 3.07. The number of hydrogen-bond donors (Lipinski definition) is 1. The smallest absolute Gasteiger partial charge is 0.147 e. The van der Waals surface area contributed by atoms with Crippen LogP contribution in [0.25, 0.3) is 0 Å². The first-order valence-electron chi connectivity index (χ1n) is 5.56. The van der Waals surface area contributed by atoms with Crippen LogP contribution >= 0.6 is 11.6 Å². The molecule has 0 saturated heterocycles. The van der Waals surface area contributed by atoms with Gasteiger partial charge in [0.05, 0.1) is 11.8 Å². The summed E-state index contributed by atoms with van der Waals surface area (Å²) in [4.78, 5) is 3.67. The van der Waals surface area contributed by atoms with Crippen molar-refractivity contribution < 1.29 is 9.50 Å². The average Bonchev–Trinajstić information content (AvgIpc) is 2.32. The summed E-state index contributed by atoms with van der Waals surface area (Å²) >= 11 is 5.79. The first-order valence-corrected chi connectivity index (χ1v) is 5.94. The van der Waals surface area contributed by atoms with Crippen LogP contribution in [0.4, 0.5) is 4.39 Å². The van der Waals surface area contributed by atoms with Crippen LogP contribution in [0.3, 0.4) is 0 Å². The molecule has 0 aliphatic heterocycles. The highest BCUT2D eigenvalue weighted by atomic mass is 35.5. The van der Waals surface area contributed by atoms with Crippen molar-refractivity contribution in [3.8, 4) is 0 Å². The first kappa shape index (κ1) is 13.0. The molecule has 1 unspecified atom stereocenters. The molecule has 0 radical (unpaired) electrons. The molecule has 2 rings (SSSR count). The molecule has 1 aromatic carbocycles. The van der Waals surface area contributed by atoms with Crippen molar-refractivity contribution >= 4 is 11.6 Å². The second kappa shape index (κ2) is 5.04. The van der Waals surface area contributed by atoms with Gasteiger partial charge in [-0.15, -0.1) is 0 Å². The van der Waals surface area contributed by atoms with E-state index in [4.69, 9.17) is 11.6 Å². The zero-order valence-corrected chi connectivity index (χ0v) is 10.7. The molecule has 1 N–H and O–H groups in total. The number of halogens is 2. The van der Waals surface area contributed by atoms with E-state index in [1.807, 2.05) is 12.1 Å². The summed E-state index contributed by atoms with van der Waals surface area (Å²) in [7, 11) is 0. The highest BCUT2D eigenvalue weighted by Gasteiger charge is 2.26. The highest BCUT2D eigenvalue weighted by molar-refractivity contribution is 6.30. The summed E-state index contributed by atoms with van der Waals surface area (Å²) in [5.41, 5.74) is -0.144. The van der Waals surface area contributed by atoms with Gasteiger partial charge < -0.3 is 5.11 Å². The van der Waals surface area contributed by atoms with E-state index >= 15 is 0 Å². The van der Waals surface area contributed by atoms with E-state index in [0.717, 1.165) is 11.8 Å². The van der Waals surface area contributed by atoms with E-state index in [1.54, 1.807) is 19.1 Å². The van der Waals surface area contributed by atoms with Gasteiger partial charge >= 0.3 is 0 Å². The van der Waals surface area contributed by atoms with Gasteiger partial charge in [-0.1, -0.05) is 23.7 Å². The molecule has 0 saturated carbocycles.